The molecule has 0 aromatic rings. The van der Waals surface area contributed by atoms with E-state index in [1.165, 1.54) is 37.7 Å². The largest absolute Gasteiger partial charge is 0.310 e. The van der Waals surface area contributed by atoms with Crippen LogP contribution in [0.15, 0.2) is 11.6 Å². The fraction of sp³-hybridized carbons (Fsp3) is 0.875. The van der Waals surface area contributed by atoms with Crippen molar-refractivity contribution >= 4 is 0 Å². The topological polar surface area (TPSA) is 12.0 Å². The van der Waals surface area contributed by atoms with Crippen molar-refractivity contribution < 1.29 is 0 Å². The van der Waals surface area contributed by atoms with Crippen LogP contribution in [0, 0.1) is 11.3 Å². The van der Waals surface area contributed by atoms with Crippen molar-refractivity contribution in [2.75, 3.05) is 6.54 Å². The van der Waals surface area contributed by atoms with Crippen LogP contribution < -0.4 is 5.32 Å². The summed E-state index contributed by atoms with van der Waals surface area (Å²) in [4.78, 5) is 0. The summed E-state index contributed by atoms with van der Waals surface area (Å²) < 4.78 is 0. The van der Waals surface area contributed by atoms with Gasteiger partial charge in [-0.1, -0.05) is 32.4 Å². The monoisotopic (exact) mass is 237 g/mol. The summed E-state index contributed by atoms with van der Waals surface area (Å²) in [5, 5.41) is 3.72. The highest BCUT2D eigenvalue weighted by Crippen LogP contribution is 2.39. The van der Waals surface area contributed by atoms with Gasteiger partial charge in [-0.05, 0) is 63.8 Å². The maximum atomic E-state index is 3.72. The number of hydrogen-bond donors (Lipinski definition) is 1. The van der Waals surface area contributed by atoms with E-state index in [0.717, 1.165) is 12.5 Å². The molecule has 1 N–H and O–H groups in total. The minimum atomic E-state index is 0.580. The van der Waals surface area contributed by atoms with Gasteiger partial charge in [0.05, 0.1) is 0 Å². The highest BCUT2D eigenvalue weighted by atomic mass is 14.9. The average molecular weight is 237 g/mol. The van der Waals surface area contributed by atoms with E-state index >= 15 is 0 Å². The van der Waals surface area contributed by atoms with Crippen molar-refractivity contribution in [2.24, 2.45) is 11.3 Å². The molecule has 1 heteroatoms. The predicted octanol–water partition coefficient (Wildman–Crippen LogP) is 4.54. The Balaban J connectivity index is 2.55. The number of rotatable bonds is 5. The van der Waals surface area contributed by atoms with E-state index in [9.17, 15) is 0 Å². The van der Waals surface area contributed by atoms with Gasteiger partial charge in [0.1, 0.15) is 0 Å². The summed E-state index contributed by atoms with van der Waals surface area (Å²) in [5.41, 5.74) is 2.03. The quantitative estimate of drug-likeness (QED) is 0.692. The van der Waals surface area contributed by atoms with E-state index in [2.05, 4.69) is 46.0 Å². The lowest BCUT2D eigenvalue weighted by Crippen LogP contribution is -2.38. The Kier molecular flexibility index (Phi) is 5.72. The molecule has 1 fully saturated rings. The Labute approximate surface area is 108 Å². The van der Waals surface area contributed by atoms with Crippen LogP contribution >= 0.6 is 0 Å². The maximum Gasteiger partial charge on any atom is 0.0280 e. The van der Waals surface area contributed by atoms with Crippen LogP contribution in [0.3, 0.4) is 0 Å². The zero-order valence-electron chi connectivity index (χ0n) is 12.5. The molecule has 17 heavy (non-hydrogen) atoms. The maximum absolute atomic E-state index is 3.72. The normalized spacial score (nSPS) is 22.2. The van der Waals surface area contributed by atoms with E-state index in [0.29, 0.717) is 11.5 Å². The summed E-state index contributed by atoms with van der Waals surface area (Å²) >= 11 is 0. The second-order valence-electron chi connectivity index (χ2n) is 6.73. The Hall–Kier alpha value is -0.300. The summed E-state index contributed by atoms with van der Waals surface area (Å²) in [7, 11) is 0. The number of hydrogen-bond acceptors (Lipinski definition) is 1. The molecule has 0 aliphatic heterocycles. The van der Waals surface area contributed by atoms with Crippen molar-refractivity contribution in [3.05, 3.63) is 11.6 Å². The highest BCUT2D eigenvalue weighted by molar-refractivity contribution is 5.04. The lowest BCUT2D eigenvalue weighted by molar-refractivity contribution is 0.173. The first-order valence-electron chi connectivity index (χ1n) is 7.33. The third-order valence-electron chi connectivity index (χ3n) is 4.03. The fourth-order valence-electron chi connectivity index (χ4n) is 2.81. The molecule has 0 spiro atoms. The average Bonchev–Trinajstić information content (AvgIpc) is 2.24. The molecular formula is C16H31N. The Morgan fingerprint density at radius 3 is 2.35 bits per heavy atom. The molecule has 0 heterocycles. The van der Waals surface area contributed by atoms with Gasteiger partial charge in [-0.25, -0.2) is 0 Å². The van der Waals surface area contributed by atoms with Gasteiger partial charge in [0.25, 0.3) is 0 Å². The molecule has 1 aliphatic carbocycles. The Morgan fingerprint density at radius 2 is 1.88 bits per heavy atom. The molecule has 1 nitrogen and oxygen atoms in total. The summed E-state index contributed by atoms with van der Waals surface area (Å²) in [5.74, 6) is 0.851. The van der Waals surface area contributed by atoms with Crippen LogP contribution in [0.4, 0.5) is 0 Å². The van der Waals surface area contributed by atoms with Crippen LogP contribution in [-0.4, -0.2) is 12.6 Å². The van der Waals surface area contributed by atoms with Crippen LogP contribution in [0.25, 0.3) is 0 Å². The van der Waals surface area contributed by atoms with E-state index in [-0.39, 0.29) is 0 Å². The molecule has 1 rings (SSSR count). The van der Waals surface area contributed by atoms with E-state index in [1.54, 1.807) is 0 Å². The molecule has 0 amide bonds. The zero-order chi connectivity index (χ0) is 12.9. The molecule has 1 unspecified atom stereocenters. The van der Waals surface area contributed by atoms with Crippen molar-refractivity contribution in [3.63, 3.8) is 0 Å². The molecule has 1 saturated carbocycles. The smallest absolute Gasteiger partial charge is 0.0280 e. The Morgan fingerprint density at radius 1 is 1.29 bits per heavy atom. The van der Waals surface area contributed by atoms with Gasteiger partial charge in [-0.3, -0.25) is 0 Å². The molecule has 1 aliphatic rings. The van der Waals surface area contributed by atoms with Crippen molar-refractivity contribution in [1.29, 1.82) is 0 Å². The third-order valence-corrected chi connectivity index (χ3v) is 4.03. The summed E-state index contributed by atoms with van der Waals surface area (Å²) in [6, 6.07) is 0.607. The predicted molar refractivity (Wildman–Crippen MR) is 77.3 cm³/mol. The van der Waals surface area contributed by atoms with Crippen LogP contribution in [0.2, 0.25) is 0 Å². The first kappa shape index (κ1) is 14.8. The number of allylic oxidation sites excluding steroid dienone is 1. The second kappa shape index (κ2) is 6.58. The van der Waals surface area contributed by atoms with E-state index in [1.807, 2.05) is 0 Å². The lowest BCUT2D eigenvalue weighted by atomic mass is 9.71. The molecule has 0 saturated heterocycles. The van der Waals surface area contributed by atoms with Crippen LogP contribution in [-0.2, 0) is 0 Å². The van der Waals surface area contributed by atoms with Gasteiger partial charge in [0.2, 0.25) is 0 Å². The molecule has 0 bridgehead atoms. The molecule has 0 aromatic heterocycles. The lowest BCUT2D eigenvalue weighted by Gasteiger charge is -2.37. The van der Waals surface area contributed by atoms with Gasteiger partial charge in [0.15, 0.2) is 0 Å². The minimum Gasteiger partial charge on any atom is -0.310 e. The SMILES string of the molecule is CCCNC(C=C(C)C)C1CCC(C)(C)CC1. The first-order valence-corrected chi connectivity index (χ1v) is 7.33. The summed E-state index contributed by atoms with van der Waals surface area (Å²) in [6.07, 6.45) is 9.22. The Bertz CT molecular complexity index is 238. The van der Waals surface area contributed by atoms with Crippen molar-refractivity contribution in [3.8, 4) is 0 Å². The second-order valence-corrected chi connectivity index (χ2v) is 6.73. The molecule has 0 radical (unpaired) electrons. The standard InChI is InChI=1S/C16H31N/c1-6-11-17-15(12-13(2)3)14-7-9-16(4,5)10-8-14/h12,14-15,17H,6-11H2,1-5H3. The van der Waals surface area contributed by atoms with Crippen LogP contribution in [0.5, 0.6) is 0 Å². The molecule has 100 valence electrons. The molecule has 0 aromatic carbocycles. The van der Waals surface area contributed by atoms with Gasteiger partial charge in [-0.15, -0.1) is 0 Å². The van der Waals surface area contributed by atoms with Gasteiger partial charge in [0, 0.05) is 6.04 Å². The van der Waals surface area contributed by atoms with E-state index < -0.39 is 0 Å². The summed E-state index contributed by atoms with van der Waals surface area (Å²) in [6.45, 7) is 12.7. The van der Waals surface area contributed by atoms with Gasteiger partial charge < -0.3 is 5.32 Å². The first-order chi connectivity index (χ1) is 7.94. The van der Waals surface area contributed by atoms with Gasteiger partial charge >= 0.3 is 0 Å². The van der Waals surface area contributed by atoms with E-state index in [4.69, 9.17) is 0 Å². The third kappa shape index (κ3) is 5.25. The minimum absolute atomic E-state index is 0.580. The van der Waals surface area contributed by atoms with Crippen LogP contribution in [0.1, 0.15) is 66.7 Å². The number of nitrogens with one attached hydrogen (secondary N) is 1. The zero-order valence-corrected chi connectivity index (χ0v) is 12.5. The highest BCUT2D eigenvalue weighted by Gasteiger charge is 2.30. The fourth-order valence-corrected chi connectivity index (χ4v) is 2.81. The van der Waals surface area contributed by atoms with Crippen molar-refractivity contribution in [2.45, 2.75) is 72.8 Å². The van der Waals surface area contributed by atoms with Gasteiger partial charge in [-0.2, -0.15) is 0 Å². The molecule has 1 atom stereocenters. The molecular weight excluding hydrogens is 206 g/mol. The van der Waals surface area contributed by atoms with Crippen molar-refractivity contribution in [1.82, 2.24) is 5.32 Å².